The van der Waals surface area contributed by atoms with E-state index in [1.54, 1.807) is 0 Å². The van der Waals surface area contributed by atoms with Crippen LogP contribution in [0.5, 0.6) is 0 Å². The standard InChI is InChI=1S/C18H25N5.2CH2O2/c1-21(2)16-7-5-15(6-8-16)17-9-10-19-18(20-17)23-12-4-11-22(3)13-14-23;2*2-1-3/h5-10H,4,11-14H2,1-3H3;2*1H,(H,2,3). The first-order chi connectivity index (χ1) is 14.0. The summed E-state index contributed by atoms with van der Waals surface area (Å²) in [6, 6.07) is 10.5. The Morgan fingerprint density at radius 3 is 2.17 bits per heavy atom. The van der Waals surface area contributed by atoms with E-state index in [4.69, 9.17) is 24.8 Å². The molecule has 2 heterocycles. The van der Waals surface area contributed by atoms with Crippen LogP contribution in [0.25, 0.3) is 11.3 Å². The van der Waals surface area contributed by atoms with Gasteiger partial charge in [-0.2, -0.15) is 0 Å². The monoisotopic (exact) mass is 403 g/mol. The van der Waals surface area contributed by atoms with Crippen LogP contribution in [0.3, 0.4) is 0 Å². The van der Waals surface area contributed by atoms with E-state index in [1.807, 2.05) is 26.4 Å². The highest BCUT2D eigenvalue weighted by Gasteiger charge is 2.15. The Bertz CT molecular complexity index is 734. The largest absolute Gasteiger partial charge is 0.483 e. The number of carboxylic acid groups (broad SMARTS) is 2. The number of anilines is 2. The molecule has 3 rings (SSSR count). The molecule has 29 heavy (non-hydrogen) atoms. The summed E-state index contributed by atoms with van der Waals surface area (Å²) in [6.45, 7) is 3.71. The molecule has 0 aliphatic carbocycles. The number of rotatable bonds is 3. The normalized spacial score (nSPS) is 13.7. The molecular formula is C20H29N5O4. The molecule has 2 N–H and O–H groups in total. The maximum Gasteiger partial charge on any atom is 0.290 e. The third-order valence-electron chi connectivity index (χ3n) is 4.32. The minimum absolute atomic E-state index is 0.250. The van der Waals surface area contributed by atoms with Crippen molar-refractivity contribution in [3.8, 4) is 11.3 Å². The van der Waals surface area contributed by atoms with Crippen molar-refractivity contribution in [2.24, 2.45) is 0 Å². The maximum absolute atomic E-state index is 8.36. The van der Waals surface area contributed by atoms with E-state index in [0.717, 1.165) is 49.8 Å². The van der Waals surface area contributed by atoms with Crippen molar-refractivity contribution in [1.29, 1.82) is 0 Å². The molecule has 0 bridgehead atoms. The molecule has 1 saturated heterocycles. The Morgan fingerprint density at radius 2 is 1.59 bits per heavy atom. The van der Waals surface area contributed by atoms with Gasteiger partial charge in [-0.1, -0.05) is 12.1 Å². The fourth-order valence-corrected chi connectivity index (χ4v) is 2.84. The fourth-order valence-electron chi connectivity index (χ4n) is 2.84. The molecule has 9 nitrogen and oxygen atoms in total. The van der Waals surface area contributed by atoms with Crippen molar-refractivity contribution >= 4 is 24.6 Å². The Kier molecular flexibility index (Phi) is 10.7. The lowest BCUT2D eigenvalue weighted by Crippen LogP contribution is -2.30. The number of hydrogen-bond donors (Lipinski definition) is 2. The van der Waals surface area contributed by atoms with Gasteiger partial charge in [0.2, 0.25) is 5.95 Å². The van der Waals surface area contributed by atoms with E-state index in [0.29, 0.717) is 0 Å². The average molecular weight is 403 g/mol. The van der Waals surface area contributed by atoms with Gasteiger partial charge in [0.25, 0.3) is 12.9 Å². The van der Waals surface area contributed by atoms with Crippen LogP contribution < -0.4 is 9.80 Å². The molecule has 1 fully saturated rings. The van der Waals surface area contributed by atoms with E-state index >= 15 is 0 Å². The third kappa shape index (κ3) is 8.14. The molecule has 0 radical (unpaired) electrons. The number of benzene rings is 1. The summed E-state index contributed by atoms with van der Waals surface area (Å²) >= 11 is 0. The topological polar surface area (TPSA) is 110 Å². The van der Waals surface area contributed by atoms with Crippen LogP contribution in [0.2, 0.25) is 0 Å². The number of aromatic nitrogens is 2. The van der Waals surface area contributed by atoms with Gasteiger partial charge in [-0.15, -0.1) is 0 Å². The average Bonchev–Trinajstić information content (AvgIpc) is 2.94. The first-order valence-electron chi connectivity index (χ1n) is 9.16. The van der Waals surface area contributed by atoms with Gasteiger partial charge >= 0.3 is 0 Å². The third-order valence-corrected chi connectivity index (χ3v) is 4.32. The van der Waals surface area contributed by atoms with Gasteiger partial charge in [0.15, 0.2) is 0 Å². The van der Waals surface area contributed by atoms with Gasteiger partial charge < -0.3 is 24.9 Å². The highest BCUT2D eigenvalue weighted by Crippen LogP contribution is 2.22. The molecule has 0 saturated carbocycles. The van der Waals surface area contributed by atoms with Gasteiger partial charge in [-0.3, -0.25) is 9.59 Å². The van der Waals surface area contributed by atoms with Gasteiger partial charge in [0, 0.05) is 51.2 Å². The highest BCUT2D eigenvalue weighted by molar-refractivity contribution is 5.63. The molecule has 0 amide bonds. The van der Waals surface area contributed by atoms with Crippen LogP contribution in [-0.4, -0.2) is 85.3 Å². The Labute approximate surface area is 171 Å². The van der Waals surface area contributed by atoms with Crippen molar-refractivity contribution < 1.29 is 19.8 Å². The zero-order chi connectivity index (χ0) is 21.6. The molecular weight excluding hydrogens is 374 g/mol. The summed E-state index contributed by atoms with van der Waals surface area (Å²) < 4.78 is 0. The number of nitrogens with zero attached hydrogens (tertiary/aromatic N) is 5. The lowest BCUT2D eigenvalue weighted by atomic mass is 10.1. The first-order valence-corrected chi connectivity index (χ1v) is 9.16. The minimum atomic E-state index is -0.250. The lowest BCUT2D eigenvalue weighted by molar-refractivity contribution is -0.123. The lowest BCUT2D eigenvalue weighted by Gasteiger charge is -2.20. The molecule has 2 aromatic rings. The second-order valence-electron chi connectivity index (χ2n) is 6.54. The van der Waals surface area contributed by atoms with Crippen molar-refractivity contribution in [1.82, 2.24) is 14.9 Å². The van der Waals surface area contributed by atoms with Crippen LogP contribution in [-0.2, 0) is 9.59 Å². The molecule has 1 aliphatic heterocycles. The summed E-state index contributed by atoms with van der Waals surface area (Å²) in [4.78, 5) is 32.8. The summed E-state index contributed by atoms with van der Waals surface area (Å²) in [5.41, 5.74) is 3.31. The Morgan fingerprint density at radius 1 is 0.966 bits per heavy atom. The smallest absolute Gasteiger partial charge is 0.290 e. The van der Waals surface area contributed by atoms with Crippen LogP contribution >= 0.6 is 0 Å². The first kappa shape index (κ1) is 23.8. The van der Waals surface area contributed by atoms with Gasteiger partial charge in [0.05, 0.1) is 5.69 Å². The summed E-state index contributed by atoms with van der Waals surface area (Å²) in [5, 5.41) is 13.8. The highest BCUT2D eigenvalue weighted by atomic mass is 16.3. The maximum atomic E-state index is 8.36. The molecule has 1 aromatic carbocycles. The summed E-state index contributed by atoms with van der Waals surface area (Å²) in [6.07, 6.45) is 3.02. The second kappa shape index (κ2) is 13.1. The van der Waals surface area contributed by atoms with E-state index in [2.05, 4.69) is 51.0 Å². The van der Waals surface area contributed by atoms with Crippen molar-refractivity contribution in [3.63, 3.8) is 0 Å². The zero-order valence-electron chi connectivity index (χ0n) is 17.1. The molecule has 1 aromatic heterocycles. The van der Waals surface area contributed by atoms with Crippen LogP contribution in [0.15, 0.2) is 36.5 Å². The van der Waals surface area contributed by atoms with E-state index in [-0.39, 0.29) is 12.9 Å². The second-order valence-corrected chi connectivity index (χ2v) is 6.54. The quantitative estimate of drug-likeness (QED) is 0.741. The van der Waals surface area contributed by atoms with Gasteiger partial charge in [-0.25, -0.2) is 9.97 Å². The van der Waals surface area contributed by atoms with Crippen molar-refractivity contribution in [2.75, 3.05) is 57.1 Å². The minimum Gasteiger partial charge on any atom is -0.483 e. The summed E-state index contributed by atoms with van der Waals surface area (Å²) in [5.74, 6) is 0.842. The molecule has 158 valence electrons. The molecule has 1 aliphatic rings. The SMILES string of the molecule is CN1CCCN(c2nccc(-c3ccc(N(C)C)cc3)n2)CC1.O=CO.O=CO. The van der Waals surface area contributed by atoms with Crippen LogP contribution in [0, 0.1) is 0 Å². The number of hydrogen-bond acceptors (Lipinski definition) is 7. The van der Waals surface area contributed by atoms with E-state index in [9.17, 15) is 0 Å². The van der Waals surface area contributed by atoms with E-state index in [1.165, 1.54) is 5.69 Å². The molecule has 0 atom stereocenters. The zero-order valence-corrected chi connectivity index (χ0v) is 17.1. The molecule has 0 spiro atoms. The Balaban J connectivity index is 0.000000626. The Hall–Kier alpha value is -3.20. The summed E-state index contributed by atoms with van der Waals surface area (Å²) in [7, 11) is 6.27. The fraction of sp³-hybridized carbons (Fsp3) is 0.400. The number of likely N-dealkylation sites (N-methyl/N-ethyl adjacent to an activating group) is 1. The van der Waals surface area contributed by atoms with Crippen LogP contribution in [0.1, 0.15) is 6.42 Å². The molecule has 9 heteroatoms. The van der Waals surface area contributed by atoms with E-state index < -0.39 is 0 Å². The molecule has 0 unspecified atom stereocenters. The predicted octanol–water partition coefficient (Wildman–Crippen LogP) is 1.75. The number of carbonyl (C=O) groups is 2. The van der Waals surface area contributed by atoms with Crippen LogP contribution in [0.4, 0.5) is 11.6 Å². The predicted molar refractivity (Wildman–Crippen MR) is 114 cm³/mol. The van der Waals surface area contributed by atoms with Gasteiger partial charge in [-0.05, 0) is 38.2 Å². The van der Waals surface area contributed by atoms with Gasteiger partial charge in [0.1, 0.15) is 0 Å². The van der Waals surface area contributed by atoms with Crippen molar-refractivity contribution in [2.45, 2.75) is 6.42 Å². The van der Waals surface area contributed by atoms with Crippen molar-refractivity contribution in [3.05, 3.63) is 36.5 Å².